The molecule has 0 aliphatic rings. The van der Waals surface area contributed by atoms with Crippen LogP contribution in [0.1, 0.15) is 41.4 Å². The van der Waals surface area contributed by atoms with Gasteiger partial charge in [0.05, 0.1) is 11.6 Å². The summed E-state index contributed by atoms with van der Waals surface area (Å²) in [7, 11) is 0. The van der Waals surface area contributed by atoms with Crippen LogP contribution in [0, 0.1) is 0 Å². The molecule has 1 amide bonds. The Morgan fingerprint density at radius 1 is 1.30 bits per heavy atom. The number of hydrogen-bond acceptors (Lipinski definition) is 2. The molecule has 1 heterocycles. The average Bonchev–Trinajstić information content (AvgIpc) is 2.47. The molecule has 20 heavy (non-hydrogen) atoms. The number of benzene rings is 1. The molecule has 0 saturated carbocycles. The lowest BCUT2D eigenvalue weighted by molar-refractivity contribution is 0.0939. The van der Waals surface area contributed by atoms with E-state index in [1.807, 2.05) is 6.92 Å². The minimum atomic E-state index is -0.120. The first-order valence-electron chi connectivity index (χ1n) is 6.60. The minimum Gasteiger partial charge on any atom is -0.345 e. The van der Waals surface area contributed by atoms with Crippen molar-refractivity contribution in [3.8, 4) is 0 Å². The summed E-state index contributed by atoms with van der Waals surface area (Å²) in [5.41, 5.74) is 2.94. The van der Waals surface area contributed by atoms with E-state index in [1.54, 1.807) is 18.5 Å². The summed E-state index contributed by atoms with van der Waals surface area (Å²) < 4.78 is 0.796. The van der Waals surface area contributed by atoms with Crippen LogP contribution in [0.5, 0.6) is 0 Å². The first-order chi connectivity index (χ1) is 9.60. The van der Waals surface area contributed by atoms with Crippen molar-refractivity contribution in [1.29, 1.82) is 0 Å². The summed E-state index contributed by atoms with van der Waals surface area (Å²) in [4.78, 5) is 16.1. The van der Waals surface area contributed by atoms with Crippen LogP contribution in [0.2, 0.25) is 0 Å². The van der Waals surface area contributed by atoms with Crippen LogP contribution < -0.4 is 5.32 Å². The molecule has 0 radical (unpaired) electrons. The van der Waals surface area contributed by atoms with E-state index in [2.05, 4.69) is 57.4 Å². The highest BCUT2D eigenvalue weighted by atomic mass is 79.9. The van der Waals surface area contributed by atoms with E-state index in [9.17, 15) is 4.79 Å². The second-order valence-corrected chi connectivity index (χ2v) is 5.60. The Labute approximate surface area is 127 Å². The molecule has 1 N–H and O–H groups in total. The molecule has 1 atom stereocenters. The molecule has 1 aromatic heterocycles. The van der Waals surface area contributed by atoms with Crippen molar-refractivity contribution < 1.29 is 4.79 Å². The van der Waals surface area contributed by atoms with Crippen LogP contribution in [0.15, 0.2) is 47.2 Å². The minimum absolute atomic E-state index is 0.0348. The predicted octanol–water partition coefficient (Wildman–Crippen LogP) is 3.90. The third-order valence-corrected chi connectivity index (χ3v) is 3.64. The van der Waals surface area contributed by atoms with Gasteiger partial charge in [0, 0.05) is 16.9 Å². The van der Waals surface area contributed by atoms with Gasteiger partial charge in [-0.2, -0.15) is 0 Å². The van der Waals surface area contributed by atoms with Gasteiger partial charge in [-0.1, -0.05) is 31.2 Å². The van der Waals surface area contributed by atoms with E-state index in [1.165, 1.54) is 5.56 Å². The normalized spacial score (nSPS) is 11.9. The number of halogens is 1. The van der Waals surface area contributed by atoms with Crippen molar-refractivity contribution in [3.63, 3.8) is 0 Å². The molecule has 0 aliphatic heterocycles. The fourth-order valence-corrected chi connectivity index (χ4v) is 2.31. The number of nitrogens with one attached hydrogen (secondary N) is 1. The zero-order valence-corrected chi connectivity index (χ0v) is 13.1. The highest BCUT2D eigenvalue weighted by Crippen LogP contribution is 2.15. The SMILES string of the molecule is CCc1ccc([C@H](C)NC(=O)c2cncc(Br)c2)cc1. The third kappa shape index (κ3) is 3.67. The summed E-state index contributed by atoms with van der Waals surface area (Å²) in [6.45, 7) is 4.10. The van der Waals surface area contributed by atoms with Crippen LogP contribution in [-0.2, 0) is 6.42 Å². The number of nitrogens with zero attached hydrogens (tertiary/aromatic N) is 1. The van der Waals surface area contributed by atoms with Gasteiger partial charge < -0.3 is 5.32 Å². The summed E-state index contributed by atoms with van der Waals surface area (Å²) >= 11 is 3.31. The molecule has 3 nitrogen and oxygen atoms in total. The van der Waals surface area contributed by atoms with E-state index < -0.39 is 0 Å². The lowest BCUT2D eigenvalue weighted by Crippen LogP contribution is -2.26. The molecule has 0 bridgehead atoms. The zero-order chi connectivity index (χ0) is 14.5. The van der Waals surface area contributed by atoms with Gasteiger partial charge in [0.15, 0.2) is 0 Å². The smallest absolute Gasteiger partial charge is 0.253 e. The number of hydrogen-bond donors (Lipinski definition) is 1. The van der Waals surface area contributed by atoms with Gasteiger partial charge in [-0.15, -0.1) is 0 Å². The Balaban J connectivity index is 2.06. The highest BCUT2D eigenvalue weighted by molar-refractivity contribution is 9.10. The molecule has 0 fully saturated rings. The lowest BCUT2D eigenvalue weighted by atomic mass is 10.0. The largest absolute Gasteiger partial charge is 0.345 e. The van der Waals surface area contributed by atoms with Gasteiger partial charge in [-0.25, -0.2) is 0 Å². The quantitative estimate of drug-likeness (QED) is 0.922. The number of carbonyl (C=O) groups excluding carboxylic acids is 1. The molecule has 1 aromatic carbocycles. The van der Waals surface area contributed by atoms with E-state index in [-0.39, 0.29) is 11.9 Å². The molecule has 0 spiro atoms. The molecule has 2 aromatic rings. The summed E-state index contributed by atoms with van der Waals surface area (Å²) in [6, 6.07) is 10.0. The van der Waals surface area contributed by atoms with Crippen LogP contribution in [0.4, 0.5) is 0 Å². The number of rotatable bonds is 4. The van der Waals surface area contributed by atoms with Crippen molar-refractivity contribution in [2.24, 2.45) is 0 Å². The van der Waals surface area contributed by atoms with Crippen LogP contribution in [0.3, 0.4) is 0 Å². The molecule has 2 rings (SSSR count). The first-order valence-corrected chi connectivity index (χ1v) is 7.39. The number of pyridine rings is 1. The second-order valence-electron chi connectivity index (χ2n) is 4.68. The van der Waals surface area contributed by atoms with E-state index >= 15 is 0 Å². The fraction of sp³-hybridized carbons (Fsp3) is 0.250. The van der Waals surface area contributed by atoms with Crippen molar-refractivity contribution in [3.05, 3.63) is 63.9 Å². The maximum absolute atomic E-state index is 12.1. The third-order valence-electron chi connectivity index (χ3n) is 3.20. The number of carbonyl (C=O) groups is 1. The fourth-order valence-electron chi connectivity index (χ4n) is 1.94. The van der Waals surface area contributed by atoms with E-state index in [4.69, 9.17) is 0 Å². The van der Waals surface area contributed by atoms with Crippen molar-refractivity contribution in [1.82, 2.24) is 10.3 Å². The van der Waals surface area contributed by atoms with E-state index in [0.29, 0.717) is 5.56 Å². The standard InChI is InChI=1S/C16H17BrN2O/c1-3-12-4-6-13(7-5-12)11(2)19-16(20)14-8-15(17)10-18-9-14/h4-11H,3H2,1-2H3,(H,19,20)/t11-/m0/s1. The van der Waals surface area contributed by atoms with Gasteiger partial charge in [-0.05, 0) is 46.5 Å². The first kappa shape index (κ1) is 14.7. The summed E-state index contributed by atoms with van der Waals surface area (Å²) in [5, 5.41) is 2.98. The zero-order valence-electron chi connectivity index (χ0n) is 11.6. The maximum atomic E-state index is 12.1. The molecule has 104 valence electrons. The predicted molar refractivity (Wildman–Crippen MR) is 83.6 cm³/mol. The number of amides is 1. The molecule has 0 aliphatic carbocycles. The molecule has 4 heteroatoms. The number of aryl methyl sites for hydroxylation is 1. The van der Waals surface area contributed by atoms with Crippen molar-refractivity contribution >= 4 is 21.8 Å². The Kier molecular flexibility index (Phi) is 4.90. The van der Waals surface area contributed by atoms with Gasteiger partial charge in [0.2, 0.25) is 0 Å². The van der Waals surface area contributed by atoms with Gasteiger partial charge in [0.1, 0.15) is 0 Å². The van der Waals surface area contributed by atoms with Gasteiger partial charge >= 0.3 is 0 Å². The Bertz CT molecular complexity index is 596. The molecular formula is C16H17BrN2O. The average molecular weight is 333 g/mol. The molecule has 0 unspecified atom stereocenters. The molecule has 0 saturated heterocycles. The Morgan fingerprint density at radius 3 is 2.60 bits per heavy atom. The summed E-state index contributed by atoms with van der Waals surface area (Å²) in [6.07, 6.45) is 4.24. The van der Waals surface area contributed by atoms with Gasteiger partial charge in [0.25, 0.3) is 5.91 Å². The van der Waals surface area contributed by atoms with Crippen LogP contribution >= 0.6 is 15.9 Å². The van der Waals surface area contributed by atoms with Crippen molar-refractivity contribution in [2.75, 3.05) is 0 Å². The Hall–Kier alpha value is -1.68. The summed E-state index contributed by atoms with van der Waals surface area (Å²) in [5.74, 6) is -0.120. The molecular weight excluding hydrogens is 316 g/mol. The highest BCUT2D eigenvalue weighted by Gasteiger charge is 2.11. The monoisotopic (exact) mass is 332 g/mol. The topological polar surface area (TPSA) is 42.0 Å². The lowest BCUT2D eigenvalue weighted by Gasteiger charge is -2.14. The number of aromatic nitrogens is 1. The van der Waals surface area contributed by atoms with E-state index in [0.717, 1.165) is 16.5 Å². The van der Waals surface area contributed by atoms with Crippen LogP contribution in [-0.4, -0.2) is 10.9 Å². The maximum Gasteiger partial charge on any atom is 0.253 e. The van der Waals surface area contributed by atoms with Crippen molar-refractivity contribution in [2.45, 2.75) is 26.3 Å². The second kappa shape index (κ2) is 6.66. The van der Waals surface area contributed by atoms with Gasteiger partial charge in [-0.3, -0.25) is 9.78 Å². The van der Waals surface area contributed by atoms with Crippen LogP contribution in [0.25, 0.3) is 0 Å². The Morgan fingerprint density at radius 2 is 2.00 bits per heavy atom.